The zero-order valence-electron chi connectivity index (χ0n) is 37.6. The Morgan fingerprint density at radius 2 is 0.697 bits per heavy atom. The first-order chi connectivity index (χ1) is 32.3. The minimum atomic E-state index is -0.0483. The highest BCUT2D eigenvalue weighted by molar-refractivity contribution is 7.27. The van der Waals surface area contributed by atoms with Gasteiger partial charge in [-0.2, -0.15) is 0 Å². The van der Waals surface area contributed by atoms with Crippen LogP contribution in [0.3, 0.4) is 0 Å². The average molecular weight is 862 g/mol. The van der Waals surface area contributed by atoms with Gasteiger partial charge in [-0.25, -0.2) is 0 Å². The van der Waals surface area contributed by atoms with Crippen LogP contribution in [-0.4, -0.2) is 0 Å². The van der Waals surface area contributed by atoms with Gasteiger partial charge < -0.3 is 4.90 Å². The maximum atomic E-state index is 2.41. The van der Waals surface area contributed by atoms with Crippen LogP contribution < -0.4 is 4.90 Å². The Kier molecular flexibility index (Phi) is 8.54. The Bertz CT molecular complexity index is 3580. The smallest absolute Gasteiger partial charge is 0.0462 e. The summed E-state index contributed by atoms with van der Waals surface area (Å²) in [6, 6.07) is 79.3. The van der Waals surface area contributed by atoms with Crippen LogP contribution in [0.25, 0.3) is 86.6 Å². The third kappa shape index (κ3) is 5.71. The second-order valence-corrected chi connectivity index (χ2v) is 20.2. The first kappa shape index (κ1) is 38.9. The summed E-state index contributed by atoms with van der Waals surface area (Å²) in [5.41, 5.74) is 21.7. The van der Waals surface area contributed by atoms with Crippen LogP contribution in [-0.2, 0) is 10.8 Å². The molecule has 11 aromatic rings. The predicted molar refractivity (Wildman–Crippen MR) is 283 cm³/mol. The Labute approximate surface area is 390 Å². The molecule has 0 fully saturated rings. The predicted octanol–water partition coefficient (Wildman–Crippen LogP) is 18.3. The van der Waals surface area contributed by atoms with E-state index in [-0.39, 0.29) is 10.8 Å². The highest BCUT2D eigenvalue weighted by Crippen LogP contribution is 2.54. The SMILES string of the molecule is CC1(C)c2ccccc2-c2c(-c3ccc(N(c4ccc(-c5cccc6c5-c5ccccc5C6(C)C)cc4)c4ccc(-c5cccc6c5sc5c7ccccc7ccc65)cc4)cc3)cccc21. The summed E-state index contributed by atoms with van der Waals surface area (Å²) >= 11 is 1.91. The lowest BCUT2D eigenvalue weighted by Crippen LogP contribution is -2.14. The van der Waals surface area contributed by atoms with Gasteiger partial charge in [0.2, 0.25) is 0 Å². The molecule has 0 aliphatic heterocycles. The van der Waals surface area contributed by atoms with Crippen LogP contribution in [0.4, 0.5) is 17.1 Å². The molecule has 0 radical (unpaired) electrons. The van der Waals surface area contributed by atoms with Crippen LogP contribution in [0.1, 0.15) is 49.9 Å². The molecule has 2 aliphatic rings. The molecule has 314 valence electrons. The third-order valence-electron chi connectivity index (χ3n) is 14.9. The van der Waals surface area contributed by atoms with E-state index in [9.17, 15) is 0 Å². The molecular formula is C64H47NS. The second kappa shape index (κ2) is 14.5. The molecule has 10 aromatic carbocycles. The molecule has 1 nitrogen and oxygen atoms in total. The van der Waals surface area contributed by atoms with Crippen molar-refractivity contribution in [3.8, 4) is 55.6 Å². The molecule has 66 heavy (non-hydrogen) atoms. The molecular weight excluding hydrogens is 815 g/mol. The van der Waals surface area contributed by atoms with Crippen molar-refractivity contribution < 1.29 is 0 Å². The van der Waals surface area contributed by atoms with Gasteiger partial charge in [-0.05, 0) is 125 Å². The Balaban J connectivity index is 0.918. The summed E-state index contributed by atoms with van der Waals surface area (Å²) in [5.74, 6) is 0. The van der Waals surface area contributed by atoms with Gasteiger partial charge in [-0.3, -0.25) is 0 Å². The number of fused-ring (bicyclic) bond motifs is 11. The summed E-state index contributed by atoms with van der Waals surface area (Å²) in [6.07, 6.45) is 0. The molecule has 0 N–H and O–H groups in total. The maximum absolute atomic E-state index is 2.41. The lowest BCUT2D eigenvalue weighted by atomic mass is 9.82. The van der Waals surface area contributed by atoms with Gasteiger partial charge in [0.1, 0.15) is 0 Å². The minimum Gasteiger partial charge on any atom is -0.311 e. The van der Waals surface area contributed by atoms with Crippen molar-refractivity contribution in [2.24, 2.45) is 0 Å². The molecule has 0 amide bonds. The summed E-state index contributed by atoms with van der Waals surface area (Å²) in [5, 5.41) is 5.25. The van der Waals surface area contributed by atoms with Crippen molar-refractivity contribution in [1.29, 1.82) is 0 Å². The van der Waals surface area contributed by atoms with Gasteiger partial charge in [0.25, 0.3) is 0 Å². The molecule has 1 heterocycles. The van der Waals surface area contributed by atoms with Gasteiger partial charge in [0.05, 0.1) is 0 Å². The number of hydrogen-bond acceptors (Lipinski definition) is 2. The van der Waals surface area contributed by atoms with Crippen LogP contribution in [0, 0.1) is 0 Å². The summed E-state index contributed by atoms with van der Waals surface area (Å²) in [6.45, 7) is 9.42. The van der Waals surface area contributed by atoms with E-state index in [2.05, 4.69) is 245 Å². The molecule has 0 spiro atoms. The van der Waals surface area contributed by atoms with Gasteiger partial charge in [-0.15, -0.1) is 11.3 Å². The summed E-state index contributed by atoms with van der Waals surface area (Å²) < 4.78 is 2.68. The number of thiophene rings is 1. The Hall–Kier alpha value is -7.52. The molecule has 0 saturated heterocycles. The fourth-order valence-electron chi connectivity index (χ4n) is 11.6. The fourth-order valence-corrected chi connectivity index (χ4v) is 12.9. The van der Waals surface area contributed by atoms with Crippen LogP contribution in [0.2, 0.25) is 0 Å². The van der Waals surface area contributed by atoms with Gasteiger partial charge in [0.15, 0.2) is 0 Å². The lowest BCUT2D eigenvalue weighted by Gasteiger charge is -2.26. The zero-order chi connectivity index (χ0) is 44.3. The zero-order valence-corrected chi connectivity index (χ0v) is 38.4. The Morgan fingerprint density at radius 1 is 0.303 bits per heavy atom. The number of rotatable bonds is 6. The Morgan fingerprint density at radius 3 is 1.24 bits per heavy atom. The normalized spacial score (nSPS) is 14.0. The first-order valence-electron chi connectivity index (χ1n) is 23.2. The van der Waals surface area contributed by atoms with E-state index in [0.717, 1.165) is 17.1 Å². The molecule has 13 rings (SSSR count). The molecule has 1 aromatic heterocycles. The standard InChI is InChI=1S/C64H47NS/c1-63(2)55-22-9-7-16-53(55)59-47(18-12-24-57(59)63)41-26-33-44(34-27-41)65(45-35-28-42(29-36-45)48-19-13-25-58-60(48)54-17-8-10-23-56(54)64(58,3)4)46-37-30-43(31-38-46)50-20-11-21-51-52-39-32-40-14-5-6-15-49(40)62(52)66-61(50)51/h5-39H,1-4H3. The van der Waals surface area contributed by atoms with E-state index < -0.39 is 0 Å². The van der Waals surface area contributed by atoms with E-state index in [1.54, 1.807) is 0 Å². The number of nitrogens with zero attached hydrogens (tertiary/aromatic N) is 1. The van der Waals surface area contributed by atoms with E-state index >= 15 is 0 Å². The topological polar surface area (TPSA) is 3.24 Å². The van der Waals surface area contributed by atoms with E-state index in [0.29, 0.717) is 0 Å². The van der Waals surface area contributed by atoms with Crippen molar-refractivity contribution in [2.45, 2.75) is 38.5 Å². The van der Waals surface area contributed by atoms with Crippen molar-refractivity contribution in [3.63, 3.8) is 0 Å². The monoisotopic (exact) mass is 861 g/mol. The lowest BCUT2D eigenvalue weighted by molar-refractivity contribution is 0.660. The quantitative estimate of drug-likeness (QED) is 0.161. The average Bonchev–Trinajstić information content (AvgIpc) is 3.95. The van der Waals surface area contributed by atoms with Gasteiger partial charge >= 0.3 is 0 Å². The third-order valence-corrected chi connectivity index (χ3v) is 16.2. The van der Waals surface area contributed by atoms with E-state index in [1.807, 2.05) is 11.3 Å². The largest absolute Gasteiger partial charge is 0.311 e. The van der Waals surface area contributed by atoms with Crippen molar-refractivity contribution in [1.82, 2.24) is 0 Å². The van der Waals surface area contributed by atoms with Gasteiger partial charge in [-0.1, -0.05) is 204 Å². The van der Waals surface area contributed by atoms with E-state index in [1.165, 1.54) is 109 Å². The minimum absolute atomic E-state index is 0.0483. The first-order valence-corrected chi connectivity index (χ1v) is 24.0. The summed E-state index contributed by atoms with van der Waals surface area (Å²) in [7, 11) is 0. The molecule has 0 atom stereocenters. The highest BCUT2D eigenvalue weighted by atomic mass is 32.1. The number of anilines is 3. The molecule has 0 saturated carbocycles. The van der Waals surface area contributed by atoms with E-state index in [4.69, 9.17) is 0 Å². The molecule has 2 heteroatoms. The number of benzene rings is 10. The van der Waals surface area contributed by atoms with Crippen LogP contribution >= 0.6 is 11.3 Å². The molecule has 0 bridgehead atoms. The molecule has 2 aliphatic carbocycles. The maximum Gasteiger partial charge on any atom is 0.0462 e. The van der Waals surface area contributed by atoms with Gasteiger partial charge in [0, 0.05) is 48.1 Å². The van der Waals surface area contributed by atoms with Crippen LogP contribution in [0.5, 0.6) is 0 Å². The highest BCUT2D eigenvalue weighted by Gasteiger charge is 2.38. The molecule has 0 unspecified atom stereocenters. The van der Waals surface area contributed by atoms with Crippen LogP contribution in [0.15, 0.2) is 212 Å². The van der Waals surface area contributed by atoms with Crippen molar-refractivity contribution >= 4 is 59.3 Å². The number of hydrogen-bond donors (Lipinski definition) is 0. The van der Waals surface area contributed by atoms with Crippen molar-refractivity contribution in [2.75, 3.05) is 4.90 Å². The second-order valence-electron chi connectivity index (χ2n) is 19.2. The van der Waals surface area contributed by atoms with Crippen molar-refractivity contribution in [3.05, 3.63) is 235 Å². The summed E-state index contributed by atoms with van der Waals surface area (Å²) in [4.78, 5) is 2.41. The fraction of sp³-hybridized carbons (Fsp3) is 0.0938.